The quantitative estimate of drug-likeness (QED) is 0.480. The fourth-order valence-electron chi connectivity index (χ4n) is 4.11. The Balaban J connectivity index is 2.02. The molecule has 0 atom stereocenters. The Morgan fingerprint density at radius 3 is 2.61 bits per heavy atom. The number of aryl methyl sites for hydroxylation is 2. The summed E-state index contributed by atoms with van der Waals surface area (Å²) >= 11 is 0. The predicted octanol–water partition coefficient (Wildman–Crippen LogP) is 0.880. The summed E-state index contributed by atoms with van der Waals surface area (Å²) in [5.74, 6) is 0.638. The van der Waals surface area contributed by atoms with Crippen LogP contribution in [0, 0.1) is 13.8 Å². The minimum absolute atomic E-state index is 0.147. The van der Waals surface area contributed by atoms with E-state index in [1.165, 1.54) is 0 Å². The Morgan fingerprint density at radius 1 is 1.19 bits per heavy atom. The number of hydrogen-bond donors (Lipinski definition) is 4. The van der Waals surface area contributed by atoms with Gasteiger partial charge in [-0.3, -0.25) is 0 Å². The number of nitrogens with zero attached hydrogens (tertiary/aromatic N) is 1. The van der Waals surface area contributed by atoms with Gasteiger partial charge in [0, 0.05) is 40.3 Å². The third-order valence-corrected chi connectivity index (χ3v) is 5.59. The van der Waals surface area contributed by atoms with Crippen LogP contribution in [0.2, 0.25) is 0 Å². The van der Waals surface area contributed by atoms with Gasteiger partial charge >= 0.3 is 0 Å². The minimum Gasteiger partial charge on any atom is -0.494 e. The summed E-state index contributed by atoms with van der Waals surface area (Å²) in [6.45, 7) is 8.90. The first kappa shape index (κ1) is 21.2. The lowest BCUT2D eigenvalue weighted by Gasteiger charge is -2.10. The van der Waals surface area contributed by atoms with Crippen LogP contribution in [0.1, 0.15) is 36.4 Å². The first-order valence-corrected chi connectivity index (χ1v) is 10.6. The molecule has 0 aliphatic carbocycles. The number of rotatable bonds is 6. The predicted molar refractivity (Wildman–Crippen MR) is 124 cm³/mol. The van der Waals surface area contributed by atoms with E-state index < -0.39 is 0 Å². The van der Waals surface area contributed by atoms with Crippen molar-refractivity contribution in [1.29, 1.82) is 0 Å². The molecule has 3 heterocycles. The summed E-state index contributed by atoms with van der Waals surface area (Å²) < 4.78 is 5.72. The topological polar surface area (TPSA) is 85.4 Å². The lowest BCUT2D eigenvalue weighted by Crippen LogP contribution is -2.30. The van der Waals surface area contributed by atoms with Gasteiger partial charge in [-0.15, -0.1) is 0 Å². The average molecular weight is 419 g/mol. The molecule has 4 N–H and O–H groups in total. The molecule has 0 unspecified atom stereocenters. The molecule has 1 aromatic carbocycles. The highest BCUT2D eigenvalue weighted by molar-refractivity contribution is 5.90. The maximum absolute atomic E-state index is 10.2. The number of ether oxygens (including phenoxy) is 1. The van der Waals surface area contributed by atoms with Gasteiger partial charge in [0.05, 0.1) is 35.5 Å². The number of para-hydroxylation sites is 1. The van der Waals surface area contributed by atoms with Gasteiger partial charge in [-0.2, -0.15) is 0 Å². The number of aliphatic hydroxyl groups is 1. The van der Waals surface area contributed by atoms with Gasteiger partial charge < -0.3 is 25.1 Å². The minimum atomic E-state index is -0.147. The van der Waals surface area contributed by atoms with Crippen LogP contribution in [-0.2, 0) is 6.61 Å². The molecule has 0 saturated heterocycles. The fourth-order valence-corrected chi connectivity index (χ4v) is 4.11. The smallest absolute Gasteiger partial charge is 0.150 e. The molecule has 1 aliphatic heterocycles. The van der Waals surface area contributed by atoms with Crippen molar-refractivity contribution < 1.29 is 9.84 Å². The second-order valence-electron chi connectivity index (χ2n) is 8.27. The highest BCUT2D eigenvalue weighted by atomic mass is 16.5. The van der Waals surface area contributed by atoms with Gasteiger partial charge in [0.1, 0.15) is 5.75 Å². The van der Waals surface area contributed by atoms with Crippen molar-refractivity contribution >= 4 is 17.3 Å². The molecule has 4 rings (SSSR count). The van der Waals surface area contributed by atoms with Crippen molar-refractivity contribution in [3.05, 3.63) is 74.1 Å². The number of methoxy groups -OCH3 is 1. The molecular weight excluding hydrogens is 388 g/mol. The second kappa shape index (κ2) is 8.57. The van der Waals surface area contributed by atoms with Crippen molar-refractivity contribution in [2.24, 2.45) is 4.99 Å². The van der Waals surface area contributed by atoms with E-state index in [1.54, 1.807) is 7.11 Å². The van der Waals surface area contributed by atoms with Crippen molar-refractivity contribution in [2.45, 2.75) is 40.3 Å². The van der Waals surface area contributed by atoms with E-state index in [9.17, 15) is 5.11 Å². The third-order valence-electron chi connectivity index (χ3n) is 5.59. The van der Waals surface area contributed by atoms with Gasteiger partial charge in [-0.05, 0) is 37.6 Å². The Bertz CT molecular complexity index is 1360. The Labute approximate surface area is 181 Å². The number of nitrogens with one attached hydrogen (secondary N) is 3. The normalized spacial score (nSPS) is 15.6. The molecular formula is C25H30N4O2. The lowest BCUT2D eigenvalue weighted by atomic mass is 10.1. The summed E-state index contributed by atoms with van der Waals surface area (Å²) in [6, 6.07) is 10.6. The highest BCUT2D eigenvalue weighted by Crippen LogP contribution is 2.17. The molecule has 31 heavy (non-hydrogen) atoms. The highest BCUT2D eigenvalue weighted by Gasteiger charge is 2.19. The summed E-state index contributed by atoms with van der Waals surface area (Å²) in [5.41, 5.74) is 5.93. The largest absolute Gasteiger partial charge is 0.494 e. The molecule has 2 aromatic heterocycles. The van der Waals surface area contributed by atoms with E-state index in [1.807, 2.05) is 31.2 Å². The van der Waals surface area contributed by atoms with E-state index in [-0.39, 0.29) is 6.61 Å². The van der Waals surface area contributed by atoms with E-state index >= 15 is 0 Å². The van der Waals surface area contributed by atoms with Crippen LogP contribution in [-0.4, -0.2) is 34.8 Å². The Morgan fingerprint density at radius 2 is 1.97 bits per heavy atom. The lowest BCUT2D eigenvalue weighted by molar-refractivity contribution is 0.273. The SMILES string of the molecule is COc1c(CO)c(=C2N=c3ccccc3=C2CNC(C)C)[nH]c1=Cc1[nH]c(C)cc1C. The molecule has 6 nitrogen and oxygen atoms in total. The van der Waals surface area contributed by atoms with Crippen LogP contribution in [0.5, 0.6) is 5.75 Å². The number of H-pyrrole nitrogens is 2. The first-order valence-electron chi connectivity index (χ1n) is 10.6. The van der Waals surface area contributed by atoms with Gasteiger partial charge in [0.25, 0.3) is 0 Å². The van der Waals surface area contributed by atoms with Crippen molar-refractivity contribution in [3.8, 4) is 5.75 Å². The number of aliphatic hydroxyl groups excluding tert-OH is 1. The molecule has 0 fully saturated rings. The fraction of sp³-hybridized carbons (Fsp3) is 0.320. The van der Waals surface area contributed by atoms with Gasteiger partial charge in [-0.1, -0.05) is 32.0 Å². The molecule has 0 bridgehead atoms. The molecule has 162 valence electrons. The number of benzene rings is 1. The Hall–Kier alpha value is -3.09. The number of aromatic nitrogens is 2. The van der Waals surface area contributed by atoms with Crippen LogP contribution in [0.3, 0.4) is 0 Å². The average Bonchev–Trinajstić information content (AvgIpc) is 3.38. The monoisotopic (exact) mass is 418 g/mol. The van der Waals surface area contributed by atoms with Crippen molar-refractivity contribution in [3.63, 3.8) is 0 Å². The van der Waals surface area contributed by atoms with Crippen LogP contribution in [0.15, 0.2) is 35.3 Å². The first-order chi connectivity index (χ1) is 14.9. The molecule has 3 aromatic rings. The van der Waals surface area contributed by atoms with E-state index in [4.69, 9.17) is 9.73 Å². The zero-order valence-electron chi connectivity index (χ0n) is 18.8. The number of hydrogen-bond acceptors (Lipinski definition) is 4. The van der Waals surface area contributed by atoms with E-state index in [2.05, 4.69) is 48.2 Å². The maximum atomic E-state index is 10.2. The van der Waals surface area contributed by atoms with Crippen molar-refractivity contribution in [1.82, 2.24) is 15.3 Å². The van der Waals surface area contributed by atoms with E-state index in [0.29, 0.717) is 23.9 Å². The molecule has 6 heteroatoms. The van der Waals surface area contributed by atoms with Crippen LogP contribution in [0.4, 0.5) is 0 Å². The van der Waals surface area contributed by atoms with Crippen molar-refractivity contribution in [2.75, 3.05) is 13.7 Å². The van der Waals surface area contributed by atoms with Crippen LogP contribution in [0.25, 0.3) is 17.3 Å². The standard InChI is InChI=1S/C25H30N4O2/c1-14(2)26-12-18-17-8-6-7-9-20(17)28-23(18)24-19(13-30)25(31-5)22(29-24)11-21-15(3)10-16(4)27-21/h6-11,14,26-27,29-30H,12-13H2,1-5H3. The summed E-state index contributed by atoms with van der Waals surface area (Å²) in [7, 11) is 1.63. The molecule has 0 spiro atoms. The van der Waals surface area contributed by atoms with Crippen LogP contribution < -0.4 is 31.3 Å². The number of fused-ring (bicyclic) bond motifs is 1. The van der Waals surface area contributed by atoms with Crippen LogP contribution >= 0.6 is 0 Å². The van der Waals surface area contributed by atoms with Gasteiger partial charge in [-0.25, -0.2) is 4.99 Å². The van der Waals surface area contributed by atoms with E-state index in [0.717, 1.165) is 49.5 Å². The second-order valence-corrected chi connectivity index (χ2v) is 8.27. The summed E-state index contributed by atoms with van der Waals surface area (Å²) in [4.78, 5) is 11.8. The zero-order valence-corrected chi connectivity index (χ0v) is 18.8. The summed E-state index contributed by atoms with van der Waals surface area (Å²) in [6.07, 6.45) is 2.03. The molecule has 0 radical (unpaired) electrons. The Kier molecular flexibility index (Phi) is 5.85. The van der Waals surface area contributed by atoms with Gasteiger partial charge in [0.15, 0.2) is 0 Å². The summed E-state index contributed by atoms with van der Waals surface area (Å²) in [5, 5.41) is 17.4. The van der Waals surface area contributed by atoms with Gasteiger partial charge in [0.2, 0.25) is 0 Å². The third kappa shape index (κ3) is 3.96. The number of aromatic amines is 2. The maximum Gasteiger partial charge on any atom is 0.150 e. The zero-order chi connectivity index (χ0) is 22.1. The molecule has 0 saturated carbocycles. The molecule has 1 aliphatic rings. The molecule has 0 amide bonds.